The predicted molar refractivity (Wildman–Crippen MR) is 114 cm³/mol. The van der Waals surface area contributed by atoms with Gasteiger partial charge in [-0.2, -0.15) is 0 Å². The highest BCUT2D eigenvalue weighted by Gasteiger charge is 2.73. The van der Waals surface area contributed by atoms with Gasteiger partial charge in [-0.1, -0.05) is 45.4 Å². The van der Waals surface area contributed by atoms with Crippen LogP contribution in [-0.4, -0.2) is 17.9 Å². The fraction of sp³-hybridized carbons (Fsp3) is 0.731. The average molecular weight is 427 g/mol. The molecule has 1 aliphatic heterocycles. The summed E-state index contributed by atoms with van der Waals surface area (Å²) < 4.78 is 10.6. The van der Waals surface area contributed by atoms with Crippen molar-refractivity contribution >= 4 is 17.9 Å². The number of carbonyl (C=O) groups is 3. The Morgan fingerprint density at radius 2 is 1.94 bits per heavy atom. The number of hydrogen-bond donors (Lipinski definition) is 0. The highest BCUT2D eigenvalue weighted by atomic mass is 16.6. The van der Waals surface area contributed by atoms with Crippen molar-refractivity contribution in [3.63, 3.8) is 0 Å². The van der Waals surface area contributed by atoms with Gasteiger partial charge in [-0.25, -0.2) is 0 Å². The van der Waals surface area contributed by atoms with E-state index in [4.69, 9.17) is 9.47 Å². The molecule has 1 saturated heterocycles. The van der Waals surface area contributed by atoms with Gasteiger partial charge in [0.25, 0.3) is 0 Å². The van der Waals surface area contributed by atoms with Gasteiger partial charge in [-0.3, -0.25) is 14.4 Å². The zero-order valence-corrected chi connectivity index (χ0v) is 19.1. The minimum atomic E-state index is -0.546. The second-order valence-corrected chi connectivity index (χ2v) is 11.5. The number of allylic oxidation sites excluding steroid dienone is 2. The van der Waals surface area contributed by atoms with E-state index in [1.54, 1.807) is 0 Å². The summed E-state index contributed by atoms with van der Waals surface area (Å²) >= 11 is 0. The molecule has 0 amide bonds. The van der Waals surface area contributed by atoms with Crippen molar-refractivity contribution in [3.8, 4) is 0 Å². The fourth-order valence-corrected chi connectivity index (χ4v) is 8.96. The second-order valence-electron chi connectivity index (χ2n) is 11.5. The lowest BCUT2D eigenvalue weighted by molar-refractivity contribution is -0.195. The summed E-state index contributed by atoms with van der Waals surface area (Å²) in [6, 6.07) is 0. The lowest BCUT2D eigenvalue weighted by atomic mass is 9.34. The molecule has 31 heavy (non-hydrogen) atoms. The zero-order chi connectivity index (χ0) is 22.3. The molecule has 0 aromatic heterocycles. The minimum absolute atomic E-state index is 0.0692. The number of rotatable bonds is 3. The molecule has 0 aromatic rings. The molecule has 6 rings (SSSR count). The third-order valence-electron chi connectivity index (χ3n) is 10.1. The first kappa shape index (κ1) is 21.0. The van der Waals surface area contributed by atoms with Crippen LogP contribution >= 0.6 is 0 Å². The van der Waals surface area contributed by atoms with Crippen molar-refractivity contribution in [1.82, 2.24) is 0 Å². The Bertz CT molecular complexity index is 901. The first-order valence-corrected chi connectivity index (χ1v) is 11.9. The normalized spacial score (nSPS) is 47.8. The predicted octanol–water partition coefficient (Wildman–Crippen LogP) is 4.81. The molecule has 1 heterocycles. The lowest BCUT2D eigenvalue weighted by Crippen LogP contribution is -2.65. The monoisotopic (exact) mass is 426 g/mol. The fourth-order valence-electron chi connectivity index (χ4n) is 8.96. The molecule has 0 N–H and O–H groups in total. The zero-order valence-electron chi connectivity index (χ0n) is 19.1. The summed E-state index contributed by atoms with van der Waals surface area (Å²) in [6.45, 7) is 12.4. The topological polar surface area (TPSA) is 69.7 Å². The van der Waals surface area contributed by atoms with Crippen molar-refractivity contribution in [3.05, 3.63) is 24.5 Å². The molecule has 5 heteroatoms. The Morgan fingerprint density at radius 3 is 2.61 bits per heavy atom. The van der Waals surface area contributed by atoms with Crippen LogP contribution in [-0.2, 0) is 23.9 Å². The van der Waals surface area contributed by atoms with Crippen molar-refractivity contribution in [2.45, 2.75) is 66.2 Å². The average Bonchev–Trinajstić information content (AvgIpc) is 3.03. The summed E-state index contributed by atoms with van der Waals surface area (Å²) in [5.41, 5.74) is 0.360. The number of esters is 3. The number of carbonyl (C=O) groups excluding carboxylic acids is 3. The van der Waals surface area contributed by atoms with E-state index in [0.717, 1.165) is 38.5 Å². The van der Waals surface area contributed by atoms with Crippen LogP contribution in [0.25, 0.3) is 0 Å². The second kappa shape index (κ2) is 6.55. The Balaban J connectivity index is 1.63. The number of ether oxygens (including phenoxy) is 2. The molecule has 6 aliphatic rings. The third-order valence-corrected chi connectivity index (χ3v) is 10.1. The molecule has 1 spiro atoms. The van der Waals surface area contributed by atoms with Crippen LogP contribution in [0.5, 0.6) is 0 Å². The molecule has 0 unspecified atom stereocenters. The van der Waals surface area contributed by atoms with Gasteiger partial charge in [0, 0.05) is 5.41 Å². The van der Waals surface area contributed by atoms with Crippen LogP contribution < -0.4 is 0 Å². The number of hydrogen-bond acceptors (Lipinski definition) is 5. The van der Waals surface area contributed by atoms with Crippen molar-refractivity contribution in [2.75, 3.05) is 0 Å². The first-order chi connectivity index (χ1) is 14.6. The third kappa shape index (κ3) is 2.46. The van der Waals surface area contributed by atoms with E-state index in [-0.39, 0.29) is 58.3 Å². The van der Waals surface area contributed by atoms with Gasteiger partial charge < -0.3 is 9.47 Å². The highest BCUT2D eigenvalue weighted by molar-refractivity contribution is 5.98. The molecule has 168 valence electrons. The van der Waals surface area contributed by atoms with Crippen LogP contribution in [0.1, 0.15) is 66.2 Å². The van der Waals surface area contributed by atoms with E-state index < -0.39 is 5.41 Å². The number of cyclic esters (lactones) is 2. The van der Waals surface area contributed by atoms with Crippen LogP contribution in [0.4, 0.5) is 0 Å². The van der Waals surface area contributed by atoms with Gasteiger partial charge in [0.2, 0.25) is 0 Å². The summed E-state index contributed by atoms with van der Waals surface area (Å²) in [5, 5.41) is 0. The molecule has 2 bridgehead atoms. The maximum Gasteiger partial charge on any atom is 0.318 e. The van der Waals surface area contributed by atoms with Crippen LogP contribution in [0.15, 0.2) is 24.5 Å². The Kier molecular flexibility index (Phi) is 4.43. The smallest absolute Gasteiger partial charge is 0.318 e. The van der Waals surface area contributed by atoms with Crippen LogP contribution in [0, 0.1) is 51.8 Å². The van der Waals surface area contributed by atoms with Gasteiger partial charge in [0.15, 0.2) is 0 Å². The highest BCUT2D eigenvalue weighted by Crippen LogP contribution is 2.74. The molecule has 3 saturated carbocycles. The Hall–Kier alpha value is -1.91. The van der Waals surface area contributed by atoms with E-state index in [1.807, 2.05) is 0 Å². The van der Waals surface area contributed by atoms with Crippen molar-refractivity contribution in [2.24, 2.45) is 51.8 Å². The quantitative estimate of drug-likeness (QED) is 0.280. The van der Waals surface area contributed by atoms with Gasteiger partial charge in [-0.05, 0) is 68.1 Å². The molecule has 0 radical (unpaired) electrons. The van der Waals surface area contributed by atoms with E-state index >= 15 is 0 Å². The largest absolute Gasteiger partial charge is 0.435 e. The van der Waals surface area contributed by atoms with Crippen LogP contribution in [0.2, 0.25) is 0 Å². The van der Waals surface area contributed by atoms with Gasteiger partial charge >= 0.3 is 17.9 Å². The lowest BCUT2D eigenvalue weighted by Gasteiger charge is -2.68. The Morgan fingerprint density at radius 1 is 1.19 bits per heavy atom. The molecular formula is C26H34O5. The molecular weight excluding hydrogens is 392 g/mol. The van der Waals surface area contributed by atoms with Crippen LogP contribution in [0.3, 0.4) is 0 Å². The molecule has 4 fully saturated rings. The molecule has 5 nitrogen and oxygen atoms in total. The van der Waals surface area contributed by atoms with Gasteiger partial charge in [0.05, 0.1) is 23.5 Å². The summed E-state index contributed by atoms with van der Waals surface area (Å²) in [6.07, 6.45) is 9.05. The maximum absolute atomic E-state index is 13.0. The van der Waals surface area contributed by atoms with E-state index in [1.165, 1.54) is 11.8 Å². The van der Waals surface area contributed by atoms with Gasteiger partial charge in [-0.15, -0.1) is 0 Å². The van der Waals surface area contributed by atoms with E-state index in [0.29, 0.717) is 5.92 Å². The standard InChI is InChI=1S/C26H34O5/c1-6-30-23(29)25(5)10-7-9-24(4)17(25)8-11-26-13-16(14(2)3)15(12-18(24)26)19-20(26)22(28)31-21(19)27/h6,13-15,17-20H,1,7-12H2,2-5H3/t15-,17+,18+,19+,20-,24-,25+,26-/m0/s1. The van der Waals surface area contributed by atoms with E-state index in [9.17, 15) is 14.4 Å². The van der Waals surface area contributed by atoms with Crippen molar-refractivity contribution < 1.29 is 23.9 Å². The van der Waals surface area contributed by atoms with Crippen molar-refractivity contribution in [1.29, 1.82) is 0 Å². The number of fused-ring (bicyclic) bond motifs is 1. The van der Waals surface area contributed by atoms with E-state index in [2.05, 4.69) is 40.3 Å². The maximum atomic E-state index is 13.0. The SMILES string of the molecule is C=COC(=O)[C@]1(C)CCC[C@]2(C)[C@H]3C[C@H]4C(C(C)C)=C[C@]3(CC[C@H]21)[C@@H]1C(=O)OC(=O)[C@@H]14. The molecule has 0 aromatic carbocycles. The molecule has 5 aliphatic carbocycles. The minimum Gasteiger partial charge on any atom is -0.435 e. The van der Waals surface area contributed by atoms with Gasteiger partial charge in [0.1, 0.15) is 0 Å². The Labute approximate surface area is 184 Å². The summed E-state index contributed by atoms with van der Waals surface area (Å²) in [7, 11) is 0. The first-order valence-electron chi connectivity index (χ1n) is 11.9. The summed E-state index contributed by atoms with van der Waals surface area (Å²) in [4.78, 5) is 38.7. The summed E-state index contributed by atoms with van der Waals surface area (Å²) in [5.74, 6) is -0.640. The molecule has 8 atom stereocenters.